The lowest BCUT2D eigenvalue weighted by Crippen LogP contribution is -2.21. The maximum Gasteiger partial charge on any atom is 0.0479 e. The third-order valence-corrected chi connectivity index (χ3v) is 4.29. The van der Waals surface area contributed by atoms with Crippen LogP contribution in [0.3, 0.4) is 0 Å². The van der Waals surface area contributed by atoms with Crippen molar-refractivity contribution in [3.63, 3.8) is 0 Å². The first-order valence-electron chi connectivity index (χ1n) is 6.01. The second-order valence-electron chi connectivity index (χ2n) is 4.41. The van der Waals surface area contributed by atoms with Gasteiger partial charge in [-0.2, -0.15) is 0 Å². The number of likely N-dealkylation sites (N-methyl/N-ethyl adjacent to an activating group) is 1. The lowest BCUT2D eigenvalue weighted by atomic mass is 9.92. The van der Waals surface area contributed by atoms with Crippen LogP contribution < -0.4 is 5.32 Å². The van der Waals surface area contributed by atoms with Crippen molar-refractivity contribution in [3.05, 3.63) is 57.8 Å². The van der Waals surface area contributed by atoms with Gasteiger partial charge in [0.05, 0.1) is 0 Å². The zero-order chi connectivity index (χ0) is 12.3. The average molecular weight is 245 g/mol. The van der Waals surface area contributed by atoms with Crippen molar-refractivity contribution < 1.29 is 0 Å². The summed E-state index contributed by atoms with van der Waals surface area (Å²) in [6, 6.07) is 15.5. The monoisotopic (exact) mass is 245 g/mol. The Bertz CT molecular complexity index is 461. The fourth-order valence-electron chi connectivity index (χ4n) is 2.21. The van der Waals surface area contributed by atoms with Crippen LogP contribution in [0.4, 0.5) is 0 Å². The van der Waals surface area contributed by atoms with E-state index < -0.39 is 0 Å². The summed E-state index contributed by atoms with van der Waals surface area (Å²) >= 11 is 1.88. The van der Waals surface area contributed by atoms with Gasteiger partial charge in [-0.15, -0.1) is 11.3 Å². The molecule has 0 bridgehead atoms. The first kappa shape index (κ1) is 12.3. The van der Waals surface area contributed by atoms with Gasteiger partial charge in [-0.25, -0.2) is 0 Å². The van der Waals surface area contributed by atoms with Crippen molar-refractivity contribution in [3.8, 4) is 0 Å². The van der Waals surface area contributed by atoms with Gasteiger partial charge < -0.3 is 5.32 Å². The van der Waals surface area contributed by atoms with Crippen LogP contribution in [0.2, 0.25) is 0 Å². The Morgan fingerprint density at radius 1 is 1.06 bits per heavy atom. The summed E-state index contributed by atoms with van der Waals surface area (Å²) in [5.41, 5.74) is 1.39. The first-order valence-corrected chi connectivity index (χ1v) is 6.82. The molecule has 0 aliphatic rings. The summed E-state index contributed by atoms with van der Waals surface area (Å²) in [4.78, 5) is 2.79. The molecule has 0 amide bonds. The van der Waals surface area contributed by atoms with Crippen molar-refractivity contribution in [1.82, 2.24) is 5.32 Å². The second-order valence-corrected chi connectivity index (χ2v) is 5.73. The van der Waals surface area contributed by atoms with Crippen molar-refractivity contribution in [1.29, 1.82) is 0 Å². The topological polar surface area (TPSA) is 12.0 Å². The van der Waals surface area contributed by atoms with Crippen LogP contribution in [0.1, 0.15) is 34.2 Å². The maximum atomic E-state index is 3.44. The molecular weight excluding hydrogens is 226 g/mol. The molecule has 90 valence electrons. The normalized spacial score (nSPS) is 14.5. The van der Waals surface area contributed by atoms with Gasteiger partial charge in [0, 0.05) is 21.7 Å². The molecule has 2 rings (SSSR count). The van der Waals surface area contributed by atoms with Crippen LogP contribution in [0.15, 0.2) is 42.5 Å². The summed E-state index contributed by atoms with van der Waals surface area (Å²) in [6.07, 6.45) is 0. The van der Waals surface area contributed by atoms with E-state index >= 15 is 0 Å². The third-order valence-electron chi connectivity index (χ3n) is 3.20. The van der Waals surface area contributed by atoms with E-state index in [2.05, 4.69) is 61.6 Å². The standard InChI is InChI=1S/C15H19NS/c1-11-9-10-14(17-11)15(16-3)12(2)13-7-5-4-6-8-13/h4-10,12,15-16H,1-3H3. The first-order chi connectivity index (χ1) is 8.22. The van der Waals surface area contributed by atoms with E-state index in [1.807, 2.05) is 18.4 Å². The van der Waals surface area contributed by atoms with Crippen LogP contribution in [0.5, 0.6) is 0 Å². The molecule has 1 aromatic heterocycles. The third kappa shape index (κ3) is 2.76. The Kier molecular flexibility index (Phi) is 3.97. The molecule has 2 aromatic rings. The Labute approximate surface area is 108 Å². The molecule has 1 nitrogen and oxygen atoms in total. The van der Waals surface area contributed by atoms with Crippen LogP contribution in [-0.2, 0) is 0 Å². The Morgan fingerprint density at radius 2 is 1.76 bits per heavy atom. The smallest absolute Gasteiger partial charge is 0.0479 e. The van der Waals surface area contributed by atoms with E-state index in [-0.39, 0.29) is 0 Å². The van der Waals surface area contributed by atoms with Crippen LogP contribution in [0, 0.1) is 6.92 Å². The van der Waals surface area contributed by atoms with Crippen LogP contribution >= 0.6 is 11.3 Å². The van der Waals surface area contributed by atoms with Crippen molar-refractivity contribution >= 4 is 11.3 Å². The highest BCUT2D eigenvalue weighted by Gasteiger charge is 2.20. The lowest BCUT2D eigenvalue weighted by molar-refractivity contribution is 0.516. The van der Waals surface area contributed by atoms with Gasteiger partial charge in [0.1, 0.15) is 0 Å². The van der Waals surface area contributed by atoms with Gasteiger partial charge >= 0.3 is 0 Å². The molecule has 0 spiro atoms. The van der Waals surface area contributed by atoms with Gasteiger partial charge in [0.15, 0.2) is 0 Å². The maximum absolute atomic E-state index is 3.44. The largest absolute Gasteiger partial charge is 0.312 e. The fourth-order valence-corrected chi connectivity index (χ4v) is 3.30. The molecule has 0 aliphatic carbocycles. The summed E-state index contributed by atoms with van der Waals surface area (Å²) in [5.74, 6) is 0.485. The molecule has 2 atom stereocenters. The molecular formula is C15H19NS. The fraction of sp³-hybridized carbons (Fsp3) is 0.333. The molecule has 1 N–H and O–H groups in total. The minimum Gasteiger partial charge on any atom is -0.312 e. The molecule has 2 heteroatoms. The highest BCUT2D eigenvalue weighted by atomic mass is 32.1. The summed E-state index contributed by atoms with van der Waals surface area (Å²) in [7, 11) is 2.04. The van der Waals surface area contributed by atoms with Gasteiger partial charge in [0.25, 0.3) is 0 Å². The zero-order valence-electron chi connectivity index (χ0n) is 10.6. The quantitative estimate of drug-likeness (QED) is 0.854. The number of hydrogen-bond acceptors (Lipinski definition) is 2. The van der Waals surface area contributed by atoms with E-state index in [4.69, 9.17) is 0 Å². The molecule has 0 fully saturated rings. The molecule has 0 saturated heterocycles. The minimum atomic E-state index is 0.399. The second kappa shape index (κ2) is 5.48. The number of nitrogens with one attached hydrogen (secondary N) is 1. The van der Waals surface area contributed by atoms with E-state index in [1.54, 1.807) is 0 Å². The van der Waals surface area contributed by atoms with Crippen molar-refractivity contribution in [2.45, 2.75) is 25.8 Å². The number of thiophene rings is 1. The lowest BCUT2D eigenvalue weighted by Gasteiger charge is -2.23. The summed E-state index contributed by atoms with van der Waals surface area (Å²) in [6.45, 7) is 4.44. The van der Waals surface area contributed by atoms with E-state index in [0.29, 0.717) is 12.0 Å². The number of aryl methyl sites for hydroxylation is 1. The predicted molar refractivity (Wildman–Crippen MR) is 75.7 cm³/mol. The van der Waals surface area contributed by atoms with Crippen molar-refractivity contribution in [2.75, 3.05) is 7.05 Å². The number of benzene rings is 1. The van der Waals surface area contributed by atoms with E-state index in [0.717, 1.165) is 0 Å². The Hall–Kier alpha value is -1.12. The van der Waals surface area contributed by atoms with Gasteiger partial charge in [-0.05, 0) is 31.7 Å². The van der Waals surface area contributed by atoms with E-state index in [1.165, 1.54) is 15.3 Å². The van der Waals surface area contributed by atoms with Crippen molar-refractivity contribution in [2.24, 2.45) is 0 Å². The van der Waals surface area contributed by atoms with Crippen LogP contribution in [-0.4, -0.2) is 7.05 Å². The molecule has 1 heterocycles. The molecule has 1 aromatic carbocycles. The molecule has 17 heavy (non-hydrogen) atoms. The minimum absolute atomic E-state index is 0.399. The molecule has 0 radical (unpaired) electrons. The Morgan fingerprint density at radius 3 is 2.29 bits per heavy atom. The van der Waals surface area contributed by atoms with E-state index in [9.17, 15) is 0 Å². The molecule has 0 saturated carbocycles. The zero-order valence-corrected chi connectivity index (χ0v) is 11.4. The highest BCUT2D eigenvalue weighted by Crippen LogP contribution is 2.33. The van der Waals surface area contributed by atoms with Gasteiger partial charge in [-0.3, -0.25) is 0 Å². The predicted octanol–water partition coefficient (Wildman–Crippen LogP) is 4.12. The SMILES string of the molecule is CNC(c1ccc(C)s1)C(C)c1ccccc1. The number of rotatable bonds is 4. The van der Waals surface area contributed by atoms with Gasteiger partial charge in [0.2, 0.25) is 0 Å². The van der Waals surface area contributed by atoms with Gasteiger partial charge in [-0.1, -0.05) is 37.3 Å². The highest BCUT2D eigenvalue weighted by molar-refractivity contribution is 7.12. The van der Waals surface area contributed by atoms with Crippen LogP contribution in [0.25, 0.3) is 0 Å². The Balaban J connectivity index is 2.25. The number of hydrogen-bond donors (Lipinski definition) is 1. The molecule has 0 aliphatic heterocycles. The average Bonchev–Trinajstić information content (AvgIpc) is 2.78. The summed E-state index contributed by atoms with van der Waals surface area (Å²) < 4.78 is 0. The summed E-state index contributed by atoms with van der Waals surface area (Å²) in [5, 5.41) is 3.44. The molecule has 2 unspecified atom stereocenters.